The number of pyridine rings is 1. The van der Waals surface area contributed by atoms with Crippen LogP contribution in [0, 0.1) is 6.92 Å². The lowest BCUT2D eigenvalue weighted by molar-refractivity contribution is 0.486. The van der Waals surface area contributed by atoms with E-state index in [1.807, 2.05) is 0 Å². The van der Waals surface area contributed by atoms with Crippen molar-refractivity contribution in [3.63, 3.8) is 0 Å². The van der Waals surface area contributed by atoms with Gasteiger partial charge < -0.3 is 15.5 Å². The summed E-state index contributed by atoms with van der Waals surface area (Å²) in [6, 6.07) is 8.77. The van der Waals surface area contributed by atoms with Gasteiger partial charge in [-0.2, -0.15) is 0 Å². The first kappa shape index (κ1) is 12.2. The predicted octanol–water partition coefficient (Wildman–Crippen LogP) is 2.00. The number of aromatic nitrogens is 3. The van der Waals surface area contributed by atoms with Gasteiger partial charge in [0.25, 0.3) is 5.56 Å². The third-order valence-corrected chi connectivity index (χ3v) is 2.81. The Balaban J connectivity index is 2.12. The highest BCUT2D eigenvalue weighted by molar-refractivity contribution is 5.77. The highest BCUT2D eigenvalue weighted by atomic mass is 16.5. The number of fused-ring (bicyclic) bond motifs is 1. The van der Waals surface area contributed by atoms with E-state index in [4.69, 9.17) is 10.5 Å². The molecule has 2 aromatic heterocycles. The minimum Gasteiger partial charge on any atom is -0.455 e. The summed E-state index contributed by atoms with van der Waals surface area (Å²) in [6.07, 6.45) is 1.55. The molecular formula is C14H12N4O2. The molecule has 0 radical (unpaired) electrons. The molecular weight excluding hydrogens is 256 g/mol. The average Bonchev–Trinajstić information content (AvgIpc) is 2.41. The van der Waals surface area contributed by atoms with E-state index in [0.29, 0.717) is 34.0 Å². The van der Waals surface area contributed by atoms with Crippen LogP contribution >= 0.6 is 0 Å². The van der Waals surface area contributed by atoms with Gasteiger partial charge in [-0.3, -0.25) is 4.79 Å². The van der Waals surface area contributed by atoms with Gasteiger partial charge in [-0.15, -0.1) is 0 Å². The Kier molecular flexibility index (Phi) is 2.83. The van der Waals surface area contributed by atoms with Crippen molar-refractivity contribution in [3.05, 3.63) is 52.6 Å². The highest BCUT2D eigenvalue weighted by Gasteiger charge is 2.08. The lowest BCUT2D eigenvalue weighted by Crippen LogP contribution is -2.12. The Labute approximate surface area is 114 Å². The van der Waals surface area contributed by atoms with Crippen molar-refractivity contribution in [2.24, 2.45) is 0 Å². The minimum absolute atomic E-state index is 0.258. The van der Waals surface area contributed by atoms with Crippen LogP contribution in [0.1, 0.15) is 5.69 Å². The van der Waals surface area contributed by atoms with Gasteiger partial charge in [-0.05, 0) is 19.1 Å². The van der Waals surface area contributed by atoms with E-state index in [1.165, 1.54) is 0 Å². The van der Waals surface area contributed by atoms with E-state index < -0.39 is 0 Å². The van der Waals surface area contributed by atoms with Gasteiger partial charge in [-0.1, -0.05) is 6.07 Å². The zero-order valence-corrected chi connectivity index (χ0v) is 10.8. The molecule has 0 aliphatic rings. The monoisotopic (exact) mass is 268 g/mol. The fourth-order valence-electron chi connectivity index (χ4n) is 1.84. The van der Waals surface area contributed by atoms with E-state index in [0.717, 1.165) is 0 Å². The highest BCUT2D eigenvalue weighted by Crippen LogP contribution is 2.27. The number of ether oxygens (including phenoxy) is 1. The molecule has 3 aromatic rings. The van der Waals surface area contributed by atoms with Gasteiger partial charge in [-0.25, -0.2) is 9.97 Å². The van der Waals surface area contributed by atoms with Crippen molar-refractivity contribution in [1.29, 1.82) is 0 Å². The van der Waals surface area contributed by atoms with Gasteiger partial charge >= 0.3 is 0 Å². The second kappa shape index (κ2) is 4.65. The number of nitrogen functional groups attached to an aromatic ring is 1. The topological polar surface area (TPSA) is 93.9 Å². The molecule has 0 fully saturated rings. The molecule has 20 heavy (non-hydrogen) atoms. The Morgan fingerprint density at radius 2 is 2.15 bits per heavy atom. The Bertz CT molecular complexity index is 842. The maximum atomic E-state index is 11.5. The van der Waals surface area contributed by atoms with Gasteiger partial charge in [0.2, 0.25) is 0 Å². The standard InChI is InChI=1S/C14H12N4O2/c1-8-14(19)18-13-12(17-8)11(5-6-16-13)20-10-4-2-3-9(15)7-10/h2-7H,15H2,1H3,(H,16,18,19). The van der Waals surface area contributed by atoms with Crippen LogP contribution in [0.2, 0.25) is 0 Å². The zero-order valence-electron chi connectivity index (χ0n) is 10.8. The SMILES string of the molecule is Cc1nc2c(Oc3cccc(N)c3)ccnc2[nH]c1=O. The zero-order chi connectivity index (χ0) is 14.1. The number of benzene rings is 1. The number of hydrogen-bond donors (Lipinski definition) is 2. The number of H-pyrrole nitrogens is 1. The molecule has 0 saturated heterocycles. The number of nitrogens with two attached hydrogens (primary N) is 1. The molecule has 0 aliphatic carbocycles. The largest absolute Gasteiger partial charge is 0.455 e. The maximum absolute atomic E-state index is 11.5. The Hall–Kier alpha value is -2.89. The number of anilines is 1. The number of aryl methyl sites for hydroxylation is 1. The molecule has 0 saturated carbocycles. The van der Waals surface area contributed by atoms with Crippen LogP contribution in [-0.4, -0.2) is 15.0 Å². The maximum Gasteiger partial charge on any atom is 0.270 e. The number of nitrogens with one attached hydrogen (secondary N) is 1. The summed E-state index contributed by atoms with van der Waals surface area (Å²) in [6.45, 7) is 1.63. The molecule has 2 heterocycles. The quantitative estimate of drug-likeness (QED) is 0.693. The Morgan fingerprint density at radius 3 is 2.95 bits per heavy atom. The summed E-state index contributed by atoms with van der Waals surface area (Å²) in [5.41, 5.74) is 7.33. The van der Waals surface area contributed by atoms with Crippen LogP contribution in [0.5, 0.6) is 11.5 Å². The van der Waals surface area contributed by atoms with Crippen molar-refractivity contribution in [2.45, 2.75) is 6.92 Å². The van der Waals surface area contributed by atoms with E-state index in [2.05, 4.69) is 15.0 Å². The second-order valence-electron chi connectivity index (χ2n) is 4.33. The van der Waals surface area contributed by atoms with Crippen molar-refractivity contribution < 1.29 is 4.74 Å². The Morgan fingerprint density at radius 1 is 1.30 bits per heavy atom. The molecule has 0 spiro atoms. The van der Waals surface area contributed by atoms with Crippen LogP contribution in [0.25, 0.3) is 11.2 Å². The second-order valence-corrected chi connectivity index (χ2v) is 4.33. The molecule has 0 aliphatic heterocycles. The minimum atomic E-state index is -0.258. The molecule has 0 bridgehead atoms. The van der Waals surface area contributed by atoms with Crippen molar-refractivity contribution >= 4 is 16.9 Å². The molecule has 3 N–H and O–H groups in total. The number of hydrogen-bond acceptors (Lipinski definition) is 5. The summed E-state index contributed by atoms with van der Waals surface area (Å²) in [5, 5.41) is 0. The van der Waals surface area contributed by atoms with E-state index in [1.54, 1.807) is 43.5 Å². The van der Waals surface area contributed by atoms with Crippen molar-refractivity contribution in [2.75, 3.05) is 5.73 Å². The smallest absolute Gasteiger partial charge is 0.270 e. The first-order chi connectivity index (χ1) is 9.63. The van der Waals surface area contributed by atoms with Crippen LogP contribution in [-0.2, 0) is 0 Å². The summed E-state index contributed by atoms with van der Waals surface area (Å²) >= 11 is 0. The van der Waals surface area contributed by atoms with E-state index in [9.17, 15) is 4.79 Å². The van der Waals surface area contributed by atoms with Crippen LogP contribution in [0.15, 0.2) is 41.3 Å². The van der Waals surface area contributed by atoms with Gasteiger partial charge in [0.15, 0.2) is 11.4 Å². The summed E-state index contributed by atoms with van der Waals surface area (Å²) in [5.74, 6) is 1.11. The van der Waals surface area contributed by atoms with Crippen LogP contribution in [0.4, 0.5) is 5.69 Å². The van der Waals surface area contributed by atoms with E-state index >= 15 is 0 Å². The first-order valence-corrected chi connectivity index (χ1v) is 6.02. The summed E-state index contributed by atoms with van der Waals surface area (Å²) < 4.78 is 5.76. The fraction of sp³-hybridized carbons (Fsp3) is 0.0714. The average molecular weight is 268 g/mol. The molecule has 1 aromatic carbocycles. The first-order valence-electron chi connectivity index (χ1n) is 6.02. The third-order valence-electron chi connectivity index (χ3n) is 2.81. The molecule has 0 amide bonds. The molecule has 6 nitrogen and oxygen atoms in total. The normalized spacial score (nSPS) is 10.7. The molecule has 3 rings (SSSR count). The number of aromatic amines is 1. The summed E-state index contributed by atoms with van der Waals surface area (Å²) in [7, 11) is 0. The van der Waals surface area contributed by atoms with Crippen LogP contribution < -0.4 is 16.0 Å². The van der Waals surface area contributed by atoms with Gasteiger partial charge in [0.05, 0.1) is 0 Å². The lowest BCUT2D eigenvalue weighted by atomic mass is 10.3. The molecule has 0 atom stereocenters. The fourth-order valence-corrected chi connectivity index (χ4v) is 1.84. The lowest BCUT2D eigenvalue weighted by Gasteiger charge is -2.08. The van der Waals surface area contributed by atoms with Crippen molar-refractivity contribution in [3.8, 4) is 11.5 Å². The summed E-state index contributed by atoms with van der Waals surface area (Å²) in [4.78, 5) is 22.5. The van der Waals surface area contributed by atoms with Gasteiger partial charge in [0.1, 0.15) is 17.0 Å². The number of rotatable bonds is 2. The van der Waals surface area contributed by atoms with Crippen molar-refractivity contribution in [1.82, 2.24) is 15.0 Å². The third kappa shape index (κ3) is 2.18. The van der Waals surface area contributed by atoms with Gasteiger partial charge in [0, 0.05) is 24.0 Å². The molecule has 0 unspecified atom stereocenters. The molecule has 6 heteroatoms. The molecule has 100 valence electrons. The predicted molar refractivity (Wildman–Crippen MR) is 75.8 cm³/mol. The van der Waals surface area contributed by atoms with E-state index in [-0.39, 0.29) is 5.56 Å². The number of nitrogens with zero attached hydrogens (tertiary/aromatic N) is 2. The van der Waals surface area contributed by atoms with Crippen LogP contribution in [0.3, 0.4) is 0 Å².